The number of thiophene rings is 1. The predicted octanol–water partition coefficient (Wildman–Crippen LogP) is 5.18. The Balaban J connectivity index is 1.81. The van der Waals surface area contributed by atoms with Crippen LogP contribution in [0.15, 0.2) is 47.2 Å². The highest BCUT2D eigenvalue weighted by Gasteiger charge is 2.02. The highest BCUT2D eigenvalue weighted by molar-refractivity contribution is 7.11. The fourth-order valence-electron chi connectivity index (χ4n) is 1.66. The summed E-state index contributed by atoms with van der Waals surface area (Å²) in [5, 5.41) is 4.99. The zero-order chi connectivity index (χ0) is 13.1. The van der Waals surface area contributed by atoms with E-state index in [4.69, 9.17) is 0 Å². The fraction of sp³-hybridized carbons (Fsp3) is 0. The maximum Gasteiger partial charge on any atom is 0.123 e. The molecule has 0 radical (unpaired) electrons. The lowest BCUT2D eigenvalue weighted by molar-refractivity contribution is 0.628. The van der Waals surface area contributed by atoms with E-state index in [0.717, 1.165) is 16.3 Å². The maximum atomic E-state index is 12.9. The quantitative estimate of drug-likeness (QED) is 0.646. The molecule has 0 bridgehead atoms. The molecule has 4 heteroatoms. The monoisotopic (exact) mass is 287 g/mol. The molecule has 0 spiro atoms. The molecule has 94 valence electrons. The summed E-state index contributed by atoms with van der Waals surface area (Å²) in [6.07, 6.45) is 4.06. The van der Waals surface area contributed by atoms with Gasteiger partial charge < -0.3 is 0 Å². The third-order valence-corrected chi connectivity index (χ3v) is 4.24. The summed E-state index contributed by atoms with van der Waals surface area (Å²) in [5.41, 5.74) is 1.82. The lowest BCUT2D eigenvalue weighted by atomic mass is 10.2. The minimum Gasteiger partial charge on any atom is -0.237 e. The van der Waals surface area contributed by atoms with Gasteiger partial charge in [0.2, 0.25) is 0 Å². The van der Waals surface area contributed by atoms with Crippen LogP contribution in [-0.4, -0.2) is 4.98 Å². The smallest absolute Gasteiger partial charge is 0.123 e. The molecule has 19 heavy (non-hydrogen) atoms. The Kier molecular flexibility index (Phi) is 3.53. The van der Waals surface area contributed by atoms with Crippen molar-refractivity contribution in [1.29, 1.82) is 0 Å². The normalized spacial score (nSPS) is 11.2. The first kappa shape index (κ1) is 12.3. The average molecular weight is 287 g/mol. The number of benzene rings is 1. The summed E-state index contributed by atoms with van der Waals surface area (Å²) >= 11 is 3.28. The molecule has 1 aromatic carbocycles. The van der Waals surface area contributed by atoms with Crippen LogP contribution in [0.2, 0.25) is 0 Å². The van der Waals surface area contributed by atoms with E-state index in [2.05, 4.69) is 17.1 Å². The SMILES string of the molecule is Fc1ccc(-c2csc(/C=C/c3cccs3)n2)cc1. The molecule has 0 N–H and O–H groups in total. The summed E-state index contributed by atoms with van der Waals surface area (Å²) < 4.78 is 12.9. The molecule has 3 aromatic rings. The summed E-state index contributed by atoms with van der Waals surface area (Å²) in [4.78, 5) is 5.73. The van der Waals surface area contributed by atoms with Gasteiger partial charge in [0.25, 0.3) is 0 Å². The van der Waals surface area contributed by atoms with E-state index in [9.17, 15) is 4.39 Å². The van der Waals surface area contributed by atoms with Crippen molar-refractivity contribution in [1.82, 2.24) is 4.98 Å². The number of aromatic nitrogens is 1. The first-order chi connectivity index (χ1) is 9.31. The lowest BCUT2D eigenvalue weighted by Crippen LogP contribution is -1.79. The predicted molar refractivity (Wildman–Crippen MR) is 80.8 cm³/mol. The van der Waals surface area contributed by atoms with Gasteiger partial charge in [0, 0.05) is 15.8 Å². The van der Waals surface area contributed by atoms with Gasteiger partial charge in [-0.05, 0) is 47.9 Å². The molecule has 1 nitrogen and oxygen atoms in total. The topological polar surface area (TPSA) is 12.9 Å². The number of rotatable bonds is 3. The van der Waals surface area contributed by atoms with Gasteiger partial charge in [0.05, 0.1) is 5.69 Å². The maximum absolute atomic E-state index is 12.9. The van der Waals surface area contributed by atoms with Gasteiger partial charge in [0.15, 0.2) is 0 Å². The van der Waals surface area contributed by atoms with E-state index >= 15 is 0 Å². The van der Waals surface area contributed by atoms with Crippen LogP contribution in [0.3, 0.4) is 0 Å². The molecule has 0 saturated carbocycles. The van der Waals surface area contributed by atoms with Gasteiger partial charge >= 0.3 is 0 Å². The van der Waals surface area contributed by atoms with E-state index in [1.807, 2.05) is 22.9 Å². The van der Waals surface area contributed by atoms with Crippen molar-refractivity contribution in [3.63, 3.8) is 0 Å². The van der Waals surface area contributed by atoms with Crippen molar-refractivity contribution in [3.8, 4) is 11.3 Å². The Hall–Kier alpha value is -1.78. The Morgan fingerprint density at radius 2 is 1.84 bits per heavy atom. The van der Waals surface area contributed by atoms with Gasteiger partial charge in [-0.2, -0.15) is 0 Å². The van der Waals surface area contributed by atoms with E-state index in [1.165, 1.54) is 17.0 Å². The van der Waals surface area contributed by atoms with Crippen LogP contribution in [-0.2, 0) is 0 Å². The van der Waals surface area contributed by atoms with Gasteiger partial charge in [-0.3, -0.25) is 0 Å². The fourth-order valence-corrected chi connectivity index (χ4v) is 2.99. The number of halogens is 1. The molecule has 0 atom stereocenters. The van der Waals surface area contributed by atoms with Crippen LogP contribution in [0.4, 0.5) is 4.39 Å². The Morgan fingerprint density at radius 3 is 2.58 bits per heavy atom. The Labute approximate surface area is 118 Å². The third-order valence-electron chi connectivity index (χ3n) is 2.60. The van der Waals surface area contributed by atoms with Crippen LogP contribution in [0, 0.1) is 5.82 Å². The standard InChI is InChI=1S/C15H10FNS2/c16-12-5-3-11(4-6-12)14-10-19-15(17-14)8-7-13-2-1-9-18-13/h1-10H/b8-7+. The molecule has 2 aromatic heterocycles. The molecule has 0 saturated heterocycles. The summed E-state index contributed by atoms with van der Waals surface area (Å²) in [6.45, 7) is 0. The molecule has 2 heterocycles. The van der Waals surface area contributed by atoms with Crippen molar-refractivity contribution in [2.75, 3.05) is 0 Å². The second-order valence-corrected chi connectivity index (χ2v) is 5.80. The summed E-state index contributed by atoms with van der Waals surface area (Å²) in [6, 6.07) is 10.5. The second kappa shape index (κ2) is 5.47. The molecule has 3 rings (SSSR count). The molecule has 0 fully saturated rings. The van der Waals surface area contributed by atoms with Crippen molar-refractivity contribution in [3.05, 3.63) is 62.9 Å². The Bertz CT molecular complexity index is 681. The van der Waals surface area contributed by atoms with Crippen molar-refractivity contribution < 1.29 is 4.39 Å². The highest BCUT2D eigenvalue weighted by atomic mass is 32.1. The van der Waals surface area contributed by atoms with Crippen molar-refractivity contribution in [2.45, 2.75) is 0 Å². The molecule has 0 aliphatic heterocycles. The van der Waals surface area contributed by atoms with Crippen molar-refractivity contribution in [2.24, 2.45) is 0 Å². The second-order valence-electron chi connectivity index (χ2n) is 3.93. The van der Waals surface area contributed by atoms with Gasteiger partial charge in [-0.1, -0.05) is 6.07 Å². The molecule has 0 aliphatic carbocycles. The number of hydrogen-bond donors (Lipinski definition) is 0. The summed E-state index contributed by atoms with van der Waals surface area (Å²) in [7, 11) is 0. The van der Waals surface area contributed by atoms with E-state index in [0.29, 0.717) is 0 Å². The lowest BCUT2D eigenvalue weighted by Gasteiger charge is -1.94. The van der Waals surface area contributed by atoms with Gasteiger partial charge in [0.1, 0.15) is 10.8 Å². The highest BCUT2D eigenvalue weighted by Crippen LogP contribution is 2.23. The van der Waals surface area contributed by atoms with Crippen LogP contribution >= 0.6 is 22.7 Å². The summed E-state index contributed by atoms with van der Waals surface area (Å²) in [5.74, 6) is -0.225. The molecule has 0 aliphatic rings. The van der Waals surface area contributed by atoms with Crippen LogP contribution < -0.4 is 0 Å². The zero-order valence-corrected chi connectivity index (χ0v) is 11.5. The number of hydrogen-bond acceptors (Lipinski definition) is 3. The minimum absolute atomic E-state index is 0.225. The number of thiazole rings is 1. The van der Waals surface area contributed by atoms with E-state index in [1.54, 1.807) is 34.8 Å². The molecule has 0 amide bonds. The largest absolute Gasteiger partial charge is 0.237 e. The number of nitrogens with zero attached hydrogens (tertiary/aromatic N) is 1. The van der Waals surface area contributed by atoms with Crippen LogP contribution in [0.5, 0.6) is 0 Å². The van der Waals surface area contributed by atoms with E-state index in [-0.39, 0.29) is 5.82 Å². The first-order valence-electron chi connectivity index (χ1n) is 5.74. The van der Waals surface area contributed by atoms with Crippen molar-refractivity contribution >= 4 is 34.8 Å². The van der Waals surface area contributed by atoms with Gasteiger partial charge in [-0.25, -0.2) is 9.37 Å². The van der Waals surface area contributed by atoms with Crippen LogP contribution in [0.25, 0.3) is 23.4 Å². The Morgan fingerprint density at radius 1 is 1.00 bits per heavy atom. The van der Waals surface area contributed by atoms with Crippen LogP contribution in [0.1, 0.15) is 9.88 Å². The third kappa shape index (κ3) is 2.97. The molecular formula is C15H10FNS2. The van der Waals surface area contributed by atoms with E-state index < -0.39 is 0 Å². The minimum atomic E-state index is -0.225. The first-order valence-corrected chi connectivity index (χ1v) is 7.50. The average Bonchev–Trinajstić information content (AvgIpc) is 3.09. The zero-order valence-electron chi connectivity index (χ0n) is 9.92. The molecular weight excluding hydrogens is 277 g/mol. The van der Waals surface area contributed by atoms with Gasteiger partial charge in [-0.15, -0.1) is 22.7 Å². The molecule has 0 unspecified atom stereocenters.